The molecule has 5 rings (SSSR count). The lowest BCUT2D eigenvalue weighted by atomic mass is 9.85. The normalized spacial score (nSPS) is 17.4. The number of aryl methyl sites for hydroxylation is 1. The van der Waals surface area contributed by atoms with Crippen LogP contribution in [0.1, 0.15) is 42.5 Å². The molecule has 0 unspecified atom stereocenters. The molecule has 1 amide bonds. The molecule has 0 saturated heterocycles. The number of fused-ring (bicyclic) bond motifs is 5. The quantitative estimate of drug-likeness (QED) is 0.347. The van der Waals surface area contributed by atoms with Gasteiger partial charge in [0.2, 0.25) is 11.5 Å². The summed E-state index contributed by atoms with van der Waals surface area (Å²) in [5, 5.41) is 13.2. The Kier molecular flexibility index (Phi) is 6.39. The van der Waals surface area contributed by atoms with E-state index >= 15 is 0 Å². The fourth-order valence-electron chi connectivity index (χ4n) is 5.29. The van der Waals surface area contributed by atoms with Crippen molar-refractivity contribution in [3.8, 4) is 17.1 Å². The number of hydrogen-bond donors (Lipinski definition) is 2. The van der Waals surface area contributed by atoms with Gasteiger partial charge in [-0.25, -0.2) is 9.78 Å². The second kappa shape index (κ2) is 9.56. The molecule has 0 bridgehead atoms. The zero-order chi connectivity index (χ0) is 27.2. The summed E-state index contributed by atoms with van der Waals surface area (Å²) in [7, 11) is 1.35. The van der Waals surface area contributed by atoms with Crippen molar-refractivity contribution in [3.05, 3.63) is 56.9 Å². The summed E-state index contributed by atoms with van der Waals surface area (Å²) in [6, 6.07) is 6.62. The van der Waals surface area contributed by atoms with E-state index in [1.165, 1.54) is 7.11 Å². The molecule has 2 aliphatic rings. The van der Waals surface area contributed by atoms with E-state index < -0.39 is 30.0 Å². The number of carbonyl (C=O) groups is 3. The van der Waals surface area contributed by atoms with E-state index in [4.69, 9.17) is 19.2 Å². The highest BCUT2D eigenvalue weighted by Crippen LogP contribution is 2.42. The molecule has 38 heavy (non-hydrogen) atoms. The van der Waals surface area contributed by atoms with E-state index in [1.54, 1.807) is 35.8 Å². The number of pyridine rings is 2. The van der Waals surface area contributed by atoms with Crippen LogP contribution in [0.2, 0.25) is 0 Å². The first-order valence-electron chi connectivity index (χ1n) is 12.3. The van der Waals surface area contributed by atoms with Crippen molar-refractivity contribution in [2.45, 2.75) is 45.4 Å². The van der Waals surface area contributed by atoms with Crippen molar-refractivity contribution < 1.29 is 33.7 Å². The van der Waals surface area contributed by atoms with Crippen molar-refractivity contribution in [1.29, 1.82) is 0 Å². The number of nitrogens with zero attached hydrogens (tertiary/aromatic N) is 2. The minimum atomic E-state index is -1.86. The Hall–Kier alpha value is -4.25. The summed E-state index contributed by atoms with van der Waals surface area (Å²) in [5.74, 6) is -2.05. The summed E-state index contributed by atoms with van der Waals surface area (Å²) in [5.41, 5.74) is 1.85. The van der Waals surface area contributed by atoms with Crippen molar-refractivity contribution in [1.82, 2.24) is 14.9 Å². The standard InChI is InChI=1S/C27H27N3O8/c1-4-15-16-8-14(31)6-7-20(16)29-24-17(15)11-30-21(24)9-19-18(25(30)34)12-37-26(35)27(19,5-2)38-23(33)10-28-22(32)13-36-3/h6-9,31H,4-5,10-13H2,1-3H3,(H,28,32)/t27-/m0/s1. The number of phenols is 1. The number of rotatable bonds is 7. The topological polar surface area (TPSA) is 146 Å². The van der Waals surface area contributed by atoms with Crippen LogP contribution in [0.25, 0.3) is 22.3 Å². The van der Waals surface area contributed by atoms with Gasteiger partial charge in [0.05, 0.1) is 29.0 Å². The molecule has 1 atom stereocenters. The first-order chi connectivity index (χ1) is 18.2. The number of benzene rings is 1. The van der Waals surface area contributed by atoms with Crippen molar-refractivity contribution in [2.75, 3.05) is 20.3 Å². The van der Waals surface area contributed by atoms with E-state index in [9.17, 15) is 24.3 Å². The fourth-order valence-corrected chi connectivity index (χ4v) is 5.29. The number of nitrogens with one attached hydrogen (secondary N) is 1. The summed E-state index contributed by atoms with van der Waals surface area (Å²) in [6.07, 6.45) is 0.664. The SMILES string of the molecule is CCc1c2c(nc3ccc(O)cc13)-c1cc3c(c(=O)n1C2)COC(=O)[C@@]3(CC)OC(=O)CNC(=O)COC. The van der Waals surface area contributed by atoms with Gasteiger partial charge < -0.3 is 29.2 Å². The summed E-state index contributed by atoms with van der Waals surface area (Å²) in [4.78, 5) is 56.0. The van der Waals surface area contributed by atoms with E-state index in [1.807, 2.05) is 6.92 Å². The molecule has 0 spiro atoms. The lowest BCUT2D eigenvalue weighted by molar-refractivity contribution is -0.189. The van der Waals surface area contributed by atoms with E-state index in [-0.39, 0.29) is 48.6 Å². The number of methoxy groups -OCH3 is 1. The van der Waals surface area contributed by atoms with Crippen molar-refractivity contribution in [3.63, 3.8) is 0 Å². The number of aromatic nitrogens is 2. The molecular weight excluding hydrogens is 494 g/mol. The van der Waals surface area contributed by atoms with Crippen LogP contribution in [0.4, 0.5) is 0 Å². The summed E-state index contributed by atoms with van der Waals surface area (Å²) >= 11 is 0. The summed E-state index contributed by atoms with van der Waals surface area (Å²) in [6.45, 7) is 2.95. The van der Waals surface area contributed by atoms with Gasteiger partial charge in [-0.1, -0.05) is 13.8 Å². The van der Waals surface area contributed by atoms with Gasteiger partial charge in [0, 0.05) is 23.6 Å². The van der Waals surface area contributed by atoms with Crippen molar-refractivity contribution in [2.24, 2.45) is 0 Å². The second-order valence-corrected chi connectivity index (χ2v) is 9.23. The molecule has 0 fully saturated rings. The highest BCUT2D eigenvalue weighted by atomic mass is 16.6. The third kappa shape index (κ3) is 3.90. The fraction of sp³-hybridized carbons (Fsp3) is 0.370. The largest absolute Gasteiger partial charge is 0.508 e. The van der Waals surface area contributed by atoms with Crippen LogP contribution < -0.4 is 10.9 Å². The Labute approximate surface area is 217 Å². The second-order valence-electron chi connectivity index (χ2n) is 9.23. The lowest BCUT2D eigenvalue weighted by Gasteiger charge is -2.35. The Morgan fingerprint density at radius 2 is 2.00 bits per heavy atom. The number of carbonyl (C=O) groups excluding carboxylic acids is 3. The van der Waals surface area contributed by atoms with Gasteiger partial charge in [0.15, 0.2) is 0 Å². The predicted molar refractivity (Wildman–Crippen MR) is 134 cm³/mol. The van der Waals surface area contributed by atoms with Crippen LogP contribution in [-0.2, 0) is 53.8 Å². The van der Waals surface area contributed by atoms with Crippen LogP contribution in [0.3, 0.4) is 0 Å². The monoisotopic (exact) mass is 521 g/mol. The van der Waals surface area contributed by atoms with Gasteiger partial charge in [-0.3, -0.25) is 14.4 Å². The number of hydrogen-bond acceptors (Lipinski definition) is 9. The minimum absolute atomic E-state index is 0.0109. The zero-order valence-corrected chi connectivity index (χ0v) is 21.3. The minimum Gasteiger partial charge on any atom is -0.508 e. The third-order valence-electron chi connectivity index (χ3n) is 7.10. The molecule has 0 saturated carbocycles. The molecule has 2 N–H and O–H groups in total. The van der Waals surface area contributed by atoms with Gasteiger partial charge in [0.25, 0.3) is 5.56 Å². The average molecular weight is 522 g/mol. The molecule has 0 radical (unpaired) electrons. The number of aromatic hydroxyl groups is 1. The van der Waals surface area contributed by atoms with Crippen LogP contribution in [-0.4, -0.2) is 52.8 Å². The zero-order valence-electron chi connectivity index (χ0n) is 21.3. The molecule has 11 nitrogen and oxygen atoms in total. The van der Waals surface area contributed by atoms with Crippen LogP contribution in [0, 0.1) is 0 Å². The maximum absolute atomic E-state index is 13.7. The Morgan fingerprint density at radius 1 is 1.21 bits per heavy atom. The Balaban J connectivity index is 1.63. The molecule has 2 aliphatic heterocycles. The first kappa shape index (κ1) is 25.4. The Morgan fingerprint density at radius 3 is 2.71 bits per heavy atom. The van der Waals surface area contributed by atoms with Crippen LogP contribution >= 0.6 is 0 Å². The number of phenolic OH excluding ortho intramolecular Hbond substituents is 1. The van der Waals surface area contributed by atoms with Crippen LogP contribution in [0.15, 0.2) is 29.1 Å². The molecule has 4 heterocycles. The molecule has 198 valence electrons. The van der Waals surface area contributed by atoms with E-state index in [2.05, 4.69) is 5.32 Å². The number of amides is 1. The van der Waals surface area contributed by atoms with Crippen molar-refractivity contribution >= 4 is 28.7 Å². The lowest BCUT2D eigenvalue weighted by Crippen LogP contribution is -2.48. The molecule has 11 heteroatoms. The highest BCUT2D eigenvalue weighted by Gasteiger charge is 2.50. The maximum Gasteiger partial charge on any atom is 0.355 e. The number of cyclic esters (lactones) is 1. The van der Waals surface area contributed by atoms with E-state index in [0.29, 0.717) is 23.3 Å². The van der Waals surface area contributed by atoms with Gasteiger partial charge in [-0.2, -0.15) is 0 Å². The van der Waals surface area contributed by atoms with Gasteiger partial charge in [-0.15, -0.1) is 0 Å². The van der Waals surface area contributed by atoms with Gasteiger partial charge in [-0.05, 0) is 42.7 Å². The Bertz CT molecular complexity index is 1560. The molecule has 3 aromatic rings. The van der Waals surface area contributed by atoms with E-state index in [0.717, 1.165) is 16.5 Å². The van der Waals surface area contributed by atoms with Crippen LogP contribution in [0.5, 0.6) is 5.75 Å². The molecule has 1 aromatic carbocycles. The molecular formula is C27H27N3O8. The highest BCUT2D eigenvalue weighted by molar-refractivity contribution is 5.91. The molecule has 2 aromatic heterocycles. The first-order valence-corrected chi connectivity index (χ1v) is 12.3. The van der Waals surface area contributed by atoms with Gasteiger partial charge in [0.1, 0.15) is 25.5 Å². The average Bonchev–Trinajstić information content (AvgIpc) is 3.26. The number of ether oxygens (including phenoxy) is 3. The summed E-state index contributed by atoms with van der Waals surface area (Å²) < 4.78 is 17.3. The number of esters is 2. The predicted octanol–water partition coefficient (Wildman–Crippen LogP) is 1.66. The van der Waals surface area contributed by atoms with Gasteiger partial charge >= 0.3 is 11.9 Å². The molecule has 0 aliphatic carbocycles. The smallest absolute Gasteiger partial charge is 0.355 e. The maximum atomic E-state index is 13.7. The third-order valence-corrected chi connectivity index (χ3v) is 7.10.